The van der Waals surface area contributed by atoms with Crippen molar-refractivity contribution < 1.29 is 9.22 Å². The molecule has 0 radical (unpaired) electrons. The Labute approximate surface area is 149 Å². The Kier molecular flexibility index (Phi) is 7.52. The standard InChI is InChI=1S/C20H35NO2Si/c1-9-21(10-2)20(22)18-13-11-12-14-19(18)23-24(15(3)4,16(5)6)17(7)8/h11-17H,9-10H2,1-8H3. The van der Waals surface area contributed by atoms with Gasteiger partial charge in [0, 0.05) is 13.1 Å². The van der Waals surface area contributed by atoms with E-state index in [1.54, 1.807) is 0 Å². The number of carbonyl (C=O) groups excluding carboxylic acids is 1. The van der Waals surface area contributed by atoms with Gasteiger partial charge in [0.1, 0.15) is 5.75 Å². The minimum absolute atomic E-state index is 0.0646. The highest BCUT2D eigenvalue weighted by molar-refractivity contribution is 6.78. The van der Waals surface area contributed by atoms with Crippen LogP contribution in [0.2, 0.25) is 16.6 Å². The first-order chi connectivity index (χ1) is 11.2. The molecule has 0 aliphatic heterocycles. The predicted octanol–water partition coefficient (Wildman–Crippen LogP) is 5.72. The molecule has 4 heteroatoms. The topological polar surface area (TPSA) is 29.5 Å². The summed E-state index contributed by atoms with van der Waals surface area (Å²) in [6.45, 7) is 19.0. The highest BCUT2D eigenvalue weighted by Gasteiger charge is 2.47. The van der Waals surface area contributed by atoms with Crippen LogP contribution in [-0.4, -0.2) is 32.2 Å². The summed E-state index contributed by atoms with van der Waals surface area (Å²) in [6, 6.07) is 7.75. The maximum atomic E-state index is 12.9. The molecule has 1 aromatic carbocycles. The summed E-state index contributed by atoms with van der Waals surface area (Å²) < 4.78 is 6.77. The molecule has 0 N–H and O–H groups in total. The maximum absolute atomic E-state index is 12.9. The van der Waals surface area contributed by atoms with E-state index in [1.807, 2.05) is 43.0 Å². The summed E-state index contributed by atoms with van der Waals surface area (Å²) in [7, 11) is -2.07. The van der Waals surface area contributed by atoms with Gasteiger partial charge in [0.15, 0.2) is 0 Å². The lowest BCUT2D eigenvalue weighted by Gasteiger charge is -2.42. The first-order valence-corrected chi connectivity index (χ1v) is 11.4. The summed E-state index contributed by atoms with van der Waals surface area (Å²) in [6.07, 6.45) is 0. The molecule has 0 spiro atoms. The zero-order valence-corrected chi connectivity index (χ0v) is 17.7. The van der Waals surface area contributed by atoms with Crippen LogP contribution in [0.1, 0.15) is 65.7 Å². The Morgan fingerprint density at radius 2 is 1.42 bits per heavy atom. The smallest absolute Gasteiger partial charge is 0.258 e. The summed E-state index contributed by atoms with van der Waals surface area (Å²) in [5, 5.41) is 0. The molecule has 0 atom stereocenters. The number of amides is 1. The van der Waals surface area contributed by atoms with Gasteiger partial charge in [-0.05, 0) is 42.6 Å². The Morgan fingerprint density at radius 3 is 1.83 bits per heavy atom. The second-order valence-electron chi connectivity index (χ2n) is 7.39. The van der Waals surface area contributed by atoms with Crippen molar-refractivity contribution in [2.45, 2.75) is 72.0 Å². The van der Waals surface area contributed by atoms with Crippen molar-refractivity contribution in [1.82, 2.24) is 4.90 Å². The van der Waals surface area contributed by atoms with Gasteiger partial charge >= 0.3 is 0 Å². The van der Waals surface area contributed by atoms with Crippen molar-refractivity contribution in [3.63, 3.8) is 0 Å². The molecular weight excluding hydrogens is 314 g/mol. The highest BCUT2D eigenvalue weighted by atomic mass is 28.4. The van der Waals surface area contributed by atoms with Crippen LogP contribution in [0.15, 0.2) is 24.3 Å². The third kappa shape index (κ3) is 4.02. The van der Waals surface area contributed by atoms with E-state index in [0.717, 1.165) is 5.75 Å². The second kappa shape index (κ2) is 8.70. The van der Waals surface area contributed by atoms with Crippen LogP contribution in [0.5, 0.6) is 5.75 Å². The fourth-order valence-corrected chi connectivity index (χ4v) is 9.22. The molecule has 0 bridgehead atoms. The molecule has 0 saturated heterocycles. The monoisotopic (exact) mass is 349 g/mol. The molecule has 0 aliphatic carbocycles. The molecule has 1 rings (SSSR count). The quantitative estimate of drug-likeness (QED) is 0.561. The number of carbonyl (C=O) groups is 1. The molecule has 0 unspecified atom stereocenters. The third-order valence-corrected chi connectivity index (χ3v) is 11.1. The first-order valence-electron chi connectivity index (χ1n) is 9.29. The van der Waals surface area contributed by atoms with Crippen LogP contribution in [-0.2, 0) is 0 Å². The molecular formula is C20H35NO2Si. The summed E-state index contributed by atoms with van der Waals surface area (Å²) >= 11 is 0. The van der Waals surface area contributed by atoms with Gasteiger partial charge in [-0.1, -0.05) is 53.7 Å². The minimum atomic E-state index is -2.07. The molecule has 0 fully saturated rings. The summed E-state index contributed by atoms with van der Waals surface area (Å²) in [4.78, 5) is 14.7. The van der Waals surface area contributed by atoms with Crippen LogP contribution in [0.4, 0.5) is 0 Å². The lowest BCUT2D eigenvalue weighted by molar-refractivity contribution is 0.0770. The molecule has 24 heavy (non-hydrogen) atoms. The largest absolute Gasteiger partial charge is 0.542 e. The zero-order valence-electron chi connectivity index (χ0n) is 16.7. The van der Waals surface area contributed by atoms with E-state index in [-0.39, 0.29) is 5.91 Å². The molecule has 0 heterocycles. The van der Waals surface area contributed by atoms with Crippen LogP contribution >= 0.6 is 0 Å². The van der Waals surface area contributed by atoms with Crippen LogP contribution in [0, 0.1) is 0 Å². The molecule has 1 amide bonds. The van der Waals surface area contributed by atoms with Gasteiger partial charge in [0.25, 0.3) is 14.2 Å². The molecule has 136 valence electrons. The lowest BCUT2D eigenvalue weighted by atomic mass is 10.2. The number of hydrogen-bond donors (Lipinski definition) is 0. The lowest BCUT2D eigenvalue weighted by Crippen LogP contribution is -2.51. The Hall–Kier alpha value is -1.29. The van der Waals surface area contributed by atoms with E-state index in [4.69, 9.17) is 4.43 Å². The molecule has 0 saturated carbocycles. The molecule has 3 nitrogen and oxygen atoms in total. The van der Waals surface area contributed by atoms with Crippen molar-refractivity contribution >= 4 is 14.2 Å². The van der Waals surface area contributed by atoms with Crippen molar-refractivity contribution in [2.24, 2.45) is 0 Å². The normalized spacial score (nSPS) is 12.1. The first kappa shape index (κ1) is 20.8. The average molecular weight is 350 g/mol. The van der Waals surface area contributed by atoms with Crippen molar-refractivity contribution in [1.29, 1.82) is 0 Å². The highest BCUT2D eigenvalue weighted by Crippen LogP contribution is 2.43. The number of nitrogens with zero attached hydrogens (tertiary/aromatic N) is 1. The van der Waals surface area contributed by atoms with E-state index >= 15 is 0 Å². The van der Waals surface area contributed by atoms with Crippen molar-refractivity contribution in [3.05, 3.63) is 29.8 Å². The van der Waals surface area contributed by atoms with Gasteiger partial charge in [0.2, 0.25) is 0 Å². The van der Waals surface area contributed by atoms with E-state index in [2.05, 4.69) is 41.5 Å². The second-order valence-corrected chi connectivity index (χ2v) is 12.8. The van der Waals surface area contributed by atoms with Gasteiger partial charge in [-0.25, -0.2) is 0 Å². The van der Waals surface area contributed by atoms with E-state index in [9.17, 15) is 4.79 Å². The van der Waals surface area contributed by atoms with Crippen molar-refractivity contribution in [3.8, 4) is 5.75 Å². The molecule has 1 aromatic rings. The van der Waals surface area contributed by atoms with Gasteiger partial charge in [-0.3, -0.25) is 4.79 Å². The van der Waals surface area contributed by atoms with E-state index in [0.29, 0.717) is 35.3 Å². The van der Waals surface area contributed by atoms with Gasteiger partial charge < -0.3 is 9.33 Å². The van der Waals surface area contributed by atoms with Crippen LogP contribution in [0.25, 0.3) is 0 Å². The Bertz CT molecular complexity index is 514. The number of para-hydroxylation sites is 1. The predicted molar refractivity (Wildman–Crippen MR) is 105 cm³/mol. The fourth-order valence-electron chi connectivity index (χ4n) is 3.96. The fraction of sp³-hybridized carbons (Fsp3) is 0.650. The summed E-state index contributed by atoms with van der Waals surface area (Å²) in [5.74, 6) is 0.826. The SMILES string of the molecule is CCN(CC)C(=O)c1ccccc1O[Si](C(C)C)(C(C)C)C(C)C. The molecule has 0 aromatic heterocycles. The molecule has 0 aliphatic rings. The van der Waals surface area contributed by atoms with Gasteiger partial charge in [0.05, 0.1) is 5.56 Å². The third-order valence-electron chi connectivity index (χ3n) is 5.16. The minimum Gasteiger partial charge on any atom is -0.542 e. The maximum Gasteiger partial charge on any atom is 0.258 e. The Balaban J connectivity index is 3.34. The van der Waals surface area contributed by atoms with Crippen molar-refractivity contribution in [2.75, 3.05) is 13.1 Å². The zero-order chi connectivity index (χ0) is 18.5. The Morgan fingerprint density at radius 1 is 0.958 bits per heavy atom. The average Bonchev–Trinajstić information content (AvgIpc) is 2.52. The van der Waals surface area contributed by atoms with Crippen LogP contribution in [0.3, 0.4) is 0 Å². The number of rotatable bonds is 8. The van der Waals surface area contributed by atoms with E-state index in [1.165, 1.54) is 0 Å². The van der Waals surface area contributed by atoms with Gasteiger partial charge in [-0.2, -0.15) is 0 Å². The van der Waals surface area contributed by atoms with E-state index < -0.39 is 8.32 Å². The summed E-state index contributed by atoms with van der Waals surface area (Å²) in [5.41, 5.74) is 2.14. The van der Waals surface area contributed by atoms with Gasteiger partial charge in [-0.15, -0.1) is 0 Å². The number of hydrogen-bond acceptors (Lipinski definition) is 2. The number of benzene rings is 1. The van der Waals surface area contributed by atoms with Crippen LogP contribution < -0.4 is 4.43 Å².